The van der Waals surface area contributed by atoms with Crippen LogP contribution in [0.15, 0.2) is 71.1 Å². The van der Waals surface area contributed by atoms with Crippen LogP contribution in [-0.4, -0.2) is 16.4 Å². The number of benzene rings is 2. The average molecular weight is 342 g/mol. The first-order valence-corrected chi connectivity index (χ1v) is 8.45. The molecule has 4 heteroatoms. The number of fused-ring (bicyclic) bond motifs is 1. The molecule has 0 saturated heterocycles. The summed E-state index contributed by atoms with van der Waals surface area (Å²) in [5.41, 5.74) is 3.11. The second-order valence-electron chi connectivity index (χ2n) is 5.97. The van der Waals surface area contributed by atoms with Gasteiger partial charge in [-0.25, -0.2) is 0 Å². The van der Waals surface area contributed by atoms with Gasteiger partial charge >= 0.3 is 0 Å². The number of hydrogen-bond acceptors (Lipinski definition) is 3. The molecule has 0 saturated carbocycles. The lowest BCUT2D eigenvalue weighted by Crippen LogP contribution is -2.01. The van der Waals surface area contributed by atoms with E-state index < -0.39 is 0 Å². The maximum atomic E-state index is 5.92. The maximum absolute atomic E-state index is 5.92. The molecule has 2 aromatic carbocycles. The number of aromatic nitrogens is 2. The Morgan fingerprint density at radius 2 is 1.81 bits per heavy atom. The summed E-state index contributed by atoms with van der Waals surface area (Å²) in [5.74, 6) is 3.91. The molecule has 26 heavy (non-hydrogen) atoms. The zero-order chi connectivity index (χ0) is 17.8. The Labute approximate surface area is 152 Å². The Hall–Kier alpha value is -3.29. The predicted octanol–water partition coefficient (Wildman–Crippen LogP) is 4.49. The van der Waals surface area contributed by atoms with Crippen molar-refractivity contribution < 1.29 is 9.15 Å². The molecule has 2 heterocycles. The lowest BCUT2D eigenvalue weighted by atomic mass is 10.2. The summed E-state index contributed by atoms with van der Waals surface area (Å²) >= 11 is 0. The van der Waals surface area contributed by atoms with Crippen LogP contribution in [0.2, 0.25) is 0 Å². The van der Waals surface area contributed by atoms with Crippen molar-refractivity contribution in [3.05, 3.63) is 78.1 Å². The third-order valence-electron chi connectivity index (χ3n) is 4.16. The van der Waals surface area contributed by atoms with Crippen molar-refractivity contribution in [1.29, 1.82) is 0 Å². The van der Waals surface area contributed by atoms with E-state index in [9.17, 15) is 0 Å². The minimum Gasteiger partial charge on any atom is -0.457 e. The largest absolute Gasteiger partial charge is 0.457 e. The monoisotopic (exact) mass is 342 g/mol. The van der Waals surface area contributed by atoms with Gasteiger partial charge in [0.1, 0.15) is 24.7 Å². The quantitative estimate of drug-likeness (QED) is 0.383. The van der Waals surface area contributed by atoms with Crippen LogP contribution >= 0.6 is 0 Å². The number of rotatable bonds is 6. The molecule has 0 aliphatic rings. The number of para-hydroxylation sites is 1. The molecule has 4 aromatic rings. The summed E-state index contributed by atoms with van der Waals surface area (Å²) in [4.78, 5) is 0. The molecule has 0 amide bonds. The number of ether oxygens (including phenoxy) is 1. The molecule has 0 spiro atoms. The van der Waals surface area contributed by atoms with E-state index in [1.54, 1.807) is 0 Å². The maximum Gasteiger partial charge on any atom is 0.155 e. The van der Waals surface area contributed by atoms with E-state index in [-0.39, 0.29) is 6.61 Å². The van der Waals surface area contributed by atoms with Crippen LogP contribution in [0.1, 0.15) is 11.3 Å². The minimum atomic E-state index is 0.269. The van der Waals surface area contributed by atoms with Crippen molar-refractivity contribution in [2.75, 3.05) is 6.61 Å². The first-order chi connectivity index (χ1) is 12.8. The average Bonchev–Trinajstić information content (AvgIpc) is 3.28. The first-order valence-electron chi connectivity index (χ1n) is 8.45. The van der Waals surface area contributed by atoms with E-state index in [0.717, 1.165) is 28.1 Å². The molecule has 4 nitrogen and oxygen atoms in total. The van der Waals surface area contributed by atoms with Gasteiger partial charge < -0.3 is 9.15 Å². The van der Waals surface area contributed by atoms with Gasteiger partial charge in [-0.3, -0.25) is 4.68 Å². The summed E-state index contributed by atoms with van der Waals surface area (Å²) in [6.45, 7) is 1.33. The molecular formula is C22H18N2O2. The first kappa shape index (κ1) is 16.2. The van der Waals surface area contributed by atoms with Crippen molar-refractivity contribution in [3.8, 4) is 23.8 Å². The van der Waals surface area contributed by atoms with E-state index in [1.165, 1.54) is 5.56 Å². The van der Waals surface area contributed by atoms with Crippen LogP contribution < -0.4 is 0 Å². The van der Waals surface area contributed by atoms with Crippen molar-refractivity contribution >= 4 is 10.9 Å². The van der Waals surface area contributed by atoms with Gasteiger partial charge in [0.2, 0.25) is 0 Å². The zero-order valence-electron chi connectivity index (χ0n) is 14.3. The standard InChI is InChI=1S/C22H18N2O2/c1-2-14-25-16-18-12-13-21(26-18)22-19-10-6-7-11-20(19)24(23-22)15-17-8-4-3-5-9-17/h1,3-13H,14-16H2. The summed E-state index contributed by atoms with van der Waals surface area (Å²) in [5, 5.41) is 5.88. The van der Waals surface area contributed by atoms with E-state index >= 15 is 0 Å². The van der Waals surface area contributed by atoms with Crippen molar-refractivity contribution in [1.82, 2.24) is 9.78 Å². The fourth-order valence-electron chi connectivity index (χ4n) is 2.98. The molecule has 0 bridgehead atoms. The fraction of sp³-hybridized carbons (Fsp3) is 0.136. The summed E-state index contributed by atoms with van der Waals surface area (Å²) in [7, 11) is 0. The molecule has 0 unspecified atom stereocenters. The van der Waals surface area contributed by atoms with Crippen LogP contribution in [0.5, 0.6) is 0 Å². The van der Waals surface area contributed by atoms with Gasteiger partial charge in [-0.1, -0.05) is 54.5 Å². The summed E-state index contributed by atoms with van der Waals surface area (Å²) in [6.07, 6.45) is 5.20. The Morgan fingerprint density at radius 3 is 2.65 bits per heavy atom. The lowest BCUT2D eigenvalue weighted by molar-refractivity contribution is 0.136. The topological polar surface area (TPSA) is 40.2 Å². The molecule has 2 aromatic heterocycles. The van der Waals surface area contributed by atoms with E-state index in [2.05, 4.69) is 30.2 Å². The highest BCUT2D eigenvalue weighted by molar-refractivity contribution is 5.92. The molecule has 0 N–H and O–H groups in total. The SMILES string of the molecule is C#CCOCc1ccc(-c2nn(Cc3ccccc3)c3ccccc23)o1. The smallest absolute Gasteiger partial charge is 0.155 e. The molecular weight excluding hydrogens is 324 g/mol. The summed E-state index contributed by atoms with van der Waals surface area (Å²) < 4.78 is 13.3. The van der Waals surface area contributed by atoms with Gasteiger partial charge in [0.15, 0.2) is 5.76 Å². The minimum absolute atomic E-state index is 0.269. The van der Waals surface area contributed by atoms with Crippen molar-refractivity contribution in [2.45, 2.75) is 13.2 Å². The van der Waals surface area contributed by atoms with Crippen LogP contribution in [0.4, 0.5) is 0 Å². The molecule has 4 rings (SSSR count). The molecule has 0 fully saturated rings. The van der Waals surface area contributed by atoms with E-state index in [4.69, 9.17) is 20.7 Å². The fourth-order valence-corrected chi connectivity index (χ4v) is 2.98. The van der Waals surface area contributed by atoms with Crippen LogP contribution in [0.3, 0.4) is 0 Å². The van der Waals surface area contributed by atoms with Gasteiger partial charge in [-0.15, -0.1) is 6.42 Å². The van der Waals surface area contributed by atoms with Gasteiger partial charge in [0, 0.05) is 5.39 Å². The van der Waals surface area contributed by atoms with Crippen LogP contribution in [-0.2, 0) is 17.9 Å². The van der Waals surface area contributed by atoms with Gasteiger partial charge in [0.25, 0.3) is 0 Å². The third-order valence-corrected chi connectivity index (χ3v) is 4.16. The summed E-state index contributed by atoms with van der Waals surface area (Å²) in [6, 6.07) is 22.3. The zero-order valence-corrected chi connectivity index (χ0v) is 14.3. The van der Waals surface area contributed by atoms with Gasteiger partial charge in [-0.2, -0.15) is 5.10 Å². The number of terminal acetylenes is 1. The number of nitrogens with zero attached hydrogens (tertiary/aromatic N) is 2. The highest BCUT2D eigenvalue weighted by atomic mass is 16.5. The van der Waals surface area contributed by atoms with Crippen molar-refractivity contribution in [2.24, 2.45) is 0 Å². The highest BCUT2D eigenvalue weighted by Crippen LogP contribution is 2.30. The van der Waals surface area contributed by atoms with Gasteiger partial charge in [-0.05, 0) is 23.8 Å². The molecule has 0 aliphatic carbocycles. The molecule has 128 valence electrons. The lowest BCUT2D eigenvalue weighted by Gasteiger charge is -2.03. The Bertz CT molecular complexity index is 1050. The Morgan fingerprint density at radius 1 is 1.00 bits per heavy atom. The molecule has 0 radical (unpaired) electrons. The predicted molar refractivity (Wildman–Crippen MR) is 101 cm³/mol. The normalized spacial score (nSPS) is 10.9. The van der Waals surface area contributed by atoms with Crippen LogP contribution in [0, 0.1) is 12.3 Å². The van der Waals surface area contributed by atoms with E-state index in [0.29, 0.717) is 13.2 Å². The Balaban J connectivity index is 1.69. The molecule has 0 atom stereocenters. The second-order valence-corrected chi connectivity index (χ2v) is 5.97. The number of furan rings is 1. The van der Waals surface area contributed by atoms with Gasteiger partial charge in [0.05, 0.1) is 12.1 Å². The third kappa shape index (κ3) is 3.26. The van der Waals surface area contributed by atoms with Crippen molar-refractivity contribution in [3.63, 3.8) is 0 Å². The highest BCUT2D eigenvalue weighted by Gasteiger charge is 2.15. The van der Waals surface area contributed by atoms with Crippen LogP contribution in [0.25, 0.3) is 22.4 Å². The van der Waals surface area contributed by atoms with E-state index in [1.807, 2.05) is 47.1 Å². The second kappa shape index (κ2) is 7.30. The molecule has 0 aliphatic heterocycles. The number of hydrogen-bond donors (Lipinski definition) is 0. The Kier molecular flexibility index (Phi) is 4.55.